The van der Waals surface area contributed by atoms with E-state index in [-0.39, 0.29) is 0 Å². The molecule has 1 unspecified atom stereocenters. The van der Waals surface area contributed by atoms with Crippen molar-refractivity contribution < 1.29 is 17.7 Å². The Kier molecular flexibility index (Phi) is 16.6. The average Bonchev–Trinajstić information content (AvgIpc) is 1.72. The molecule has 0 spiro atoms. The lowest BCUT2D eigenvalue weighted by Gasteiger charge is -2.07. The lowest BCUT2D eigenvalue weighted by Crippen LogP contribution is -1.89. The van der Waals surface area contributed by atoms with Crippen molar-refractivity contribution in [3.05, 3.63) is 212 Å². The predicted molar refractivity (Wildman–Crippen MR) is 384 cm³/mol. The van der Waals surface area contributed by atoms with Gasteiger partial charge in [0.2, 0.25) is 0 Å². The third-order valence-electron chi connectivity index (χ3n) is 17.1. The molecular weight excluding hydrogens is 1190 g/mol. The summed E-state index contributed by atoms with van der Waals surface area (Å²) >= 11 is 6.85. The van der Waals surface area contributed by atoms with Crippen LogP contribution in [-0.2, 0) is 6.42 Å². The molecule has 8 aromatic heterocycles. The van der Waals surface area contributed by atoms with Crippen LogP contribution in [0, 0.1) is 76.2 Å². The summed E-state index contributed by atoms with van der Waals surface area (Å²) in [6, 6.07) is 49.1. The second kappa shape index (κ2) is 24.7. The molecule has 0 aliphatic rings. The topological polar surface area (TPSA) is 104 Å². The molecule has 0 aliphatic heterocycles. The standard InChI is InChI=1S/C21H21NOS.C20H19NOS.C19H17NOS.C18H15NOS/c1-5-12(2)15-8-9-17-16(10-15)11-18(23-17)21-22-19-13(3)6-7-14(4)20(19)24-21;1-4-5-14-8-9-16-15(10-14)11-17(22-16)20-21-18-12(2)6-7-13(3)19(18)23-20;1-10-7-13(4)14-9-16(21-15(14)8-10)19-20-17-11(2)5-6-12(3)18(17)22-19;1-10-4-7-14-13(8-10)9-15(20-14)18-19-16-11(2)5-6-12(3)17(16)21-18/h6-12H,5H2,1-4H3;6-11H,4-5H2,1-3H3;5-9H,1-4H3;4-9H,1-3H3. The van der Waals surface area contributed by atoms with Crippen molar-refractivity contribution in [1.82, 2.24) is 19.9 Å². The maximum atomic E-state index is 6.08. The van der Waals surface area contributed by atoms with Gasteiger partial charge in [-0.25, -0.2) is 19.9 Å². The molecule has 452 valence electrons. The quantitative estimate of drug-likeness (QED) is 0.148. The first-order chi connectivity index (χ1) is 43.4. The monoisotopic (exact) mass is 1260 g/mol. The molecule has 16 rings (SSSR count). The molecular formula is C78H72N4O4S4. The molecule has 0 aliphatic carbocycles. The SMILES string of the molecule is CCC(C)c1ccc2oc(-c3nc4c(C)ccc(C)c4s3)cc2c1.CCCc1ccc2oc(-c3nc4c(C)ccc(C)c4s3)cc2c1.Cc1cc(C)c2cc(-c3nc4c(C)ccc(C)c4s3)oc2c1.Cc1ccc2oc(-c3nc4c(C)ccc(C)c4s3)cc2c1. The largest absolute Gasteiger partial charge is 0.454 e. The molecule has 0 amide bonds. The van der Waals surface area contributed by atoms with Gasteiger partial charge < -0.3 is 17.7 Å². The van der Waals surface area contributed by atoms with Crippen LogP contribution in [0.2, 0.25) is 0 Å². The van der Waals surface area contributed by atoms with Crippen molar-refractivity contribution in [2.45, 2.75) is 122 Å². The van der Waals surface area contributed by atoms with Crippen molar-refractivity contribution in [3.63, 3.8) is 0 Å². The van der Waals surface area contributed by atoms with Gasteiger partial charge in [0.15, 0.2) is 43.1 Å². The number of benzene rings is 8. The second-order valence-electron chi connectivity index (χ2n) is 24.3. The number of aryl methyl sites for hydroxylation is 12. The van der Waals surface area contributed by atoms with Gasteiger partial charge in [-0.15, -0.1) is 45.3 Å². The first-order valence-corrected chi connectivity index (χ1v) is 34.2. The van der Waals surface area contributed by atoms with Gasteiger partial charge in [0, 0.05) is 21.5 Å². The van der Waals surface area contributed by atoms with E-state index in [2.05, 4.69) is 230 Å². The van der Waals surface area contributed by atoms with Crippen molar-refractivity contribution in [2.24, 2.45) is 0 Å². The Morgan fingerprint density at radius 1 is 0.344 bits per heavy atom. The van der Waals surface area contributed by atoms with Crippen molar-refractivity contribution >= 4 is 130 Å². The summed E-state index contributed by atoms with van der Waals surface area (Å²) in [5, 5.41) is 8.48. The van der Waals surface area contributed by atoms with E-state index in [1.807, 2.05) is 6.07 Å². The molecule has 0 fully saturated rings. The maximum Gasteiger partial charge on any atom is 0.164 e. The van der Waals surface area contributed by atoms with Crippen molar-refractivity contribution in [2.75, 3.05) is 0 Å². The molecule has 0 saturated heterocycles. The van der Waals surface area contributed by atoms with E-state index in [0.717, 1.165) is 118 Å². The Hall–Kier alpha value is -8.52. The minimum absolute atomic E-state index is 0.570. The van der Waals surface area contributed by atoms with E-state index in [1.165, 1.54) is 102 Å². The van der Waals surface area contributed by atoms with E-state index in [9.17, 15) is 0 Å². The molecule has 12 heteroatoms. The Morgan fingerprint density at radius 2 is 0.722 bits per heavy atom. The number of hydrogen-bond donors (Lipinski definition) is 0. The van der Waals surface area contributed by atoms with Gasteiger partial charge in [0.25, 0.3) is 0 Å². The summed E-state index contributed by atoms with van der Waals surface area (Å²) in [6.45, 7) is 30.0. The third kappa shape index (κ3) is 11.8. The maximum absolute atomic E-state index is 6.08. The highest BCUT2D eigenvalue weighted by atomic mass is 32.1. The number of thiazole rings is 4. The van der Waals surface area contributed by atoms with Gasteiger partial charge in [-0.3, -0.25) is 0 Å². The van der Waals surface area contributed by atoms with Crippen LogP contribution in [0.1, 0.15) is 112 Å². The van der Waals surface area contributed by atoms with Crippen LogP contribution in [0.5, 0.6) is 0 Å². The number of rotatable bonds is 8. The van der Waals surface area contributed by atoms with Gasteiger partial charge in [-0.05, 0) is 228 Å². The van der Waals surface area contributed by atoms with Gasteiger partial charge in [0.1, 0.15) is 22.3 Å². The van der Waals surface area contributed by atoms with Crippen LogP contribution in [-0.4, -0.2) is 19.9 Å². The molecule has 8 heterocycles. The zero-order valence-corrected chi connectivity index (χ0v) is 56.8. The van der Waals surface area contributed by atoms with Gasteiger partial charge >= 0.3 is 0 Å². The first-order valence-electron chi connectivity index (χ1n) is 30.9. The zero-order valence-electron chi connectivity index (χ0n) is 53.5. The predicted octanol–water partition coefficient (Wildman–Crippen LogP) is 24.7. The zero-order chi connectivity index (χ0) is 62.8. The third-order valence-corrected chi connectivity index (χ3v) is 21.9. The molecule has 0 bridgehead atoms. The summed E-state index contributed by atoms with van der Waals surface area (Å²) in [7, 11) is 0. The van der Waals surface area contributed by atoms with Crippen LogP contribution >= 0.6 is 45.3 Å². The van der Waals surface area contributed by atoms with E-state index >= 15 is 0 Å². The van der Waals surface area contributed by atoms with E-state index in [4.69, 9.17) is 37.6 Å². The Balaban J connectivity index is 0.000000110. The molecule has 0 N–H and O–H groups in total. The highest BCUT2D eigenvalue weighted by Gasteiger charge is 2.20. The number of furan rings is 4. The normalized spacial score (nSPS) is 12.0. The van der Waals surface area contributed by atoms with Gasteiger partial charge in [-0.1, -0.05) is 106 Å². The summed E-state index contributed by atoms with van der Waals surface area (Å²) in [5.41, 5.74) is 24.5. The van der Waals surface area contributed by atoms with Crippen LogP contribution in [0.25, 0.3) is 128 Å². The van der Waals surface area contributed by atoms with Crippen LogP contribution < -0.4 is 0 Å². The molecule has 16 aromatic rings. The van der Waals surface area contributed by atoms with E-state index < -0.39 is 0 Å². The number of hydrogen-bond acceptors (Lipinski definition) is 12. The van der Waals surface area contributed by atoms with Crippen LogP contribution in [0.15, 0.2) is 157 Å². The Bertz CT molecular complexity index is 5230. The van der Waals surface area contributed by atoms with Crippen LogP contribution in [0.4, 0.5) is 0 Å². The fraction of sp³-hybridized carbons (Fsp3) is 0.231. The Labute approximate surface area is 540 Å². The van der Waals surface area contributed by atoms with E-state index in [1.54, 1.807) is 45.3 Å². The highest BCUT2D eigenvalue weighted by Crippen LogP contribution is 2.42. The van der Waals surface area contributed by atoms with Crippen molar-refractivity contribution in [1.29, 1.82) is 0 Å². The van der Waals surface area contributed by atoms with Gasteiger partial charge in [0.05, 0.1) is 40.9 Å². The number of fused-ring (bicyclic) bond motifs is 8. The summed E-state index contributed by atoms with van der Waals surface area (Å²) in [5.74, 6) is 4.03. The minimum atomic E-state index is 0.570. The lowest BCUT2D eigenvalue weighted by atomic mass is 9.98. The molecule has 90 heavy (non-hydrogen) atoms. The fourth-order valence-corrected chi connectivity index (χ4v) is 15.9. The lowest BCUT2D eigenvalue weighted by molar-refractivity contribution is 0.630. The molecule has 0 radical (unpaired) electrons. The smallest absolute Gasteiger partial charge is 0.164 e. The summed E-state index contributed by atoms with van der Waals surface area (Å²) in [4.78, 5) is 19.3. The molecule has 0 saturated carbocycles. The highest BCUT2D eigenvalue weighted by molar-refractivity contribution is 7.23. The molecule has 1 atom stereocenters. The second-order valence-corrected chi connectivity index (χ2v) is 28.3. The van der Waals surface area contributed by atoms with Crippen LogP contribution in [0.3, 0.4) is 0 Å². The fourth-order valence-electron chi connectivity index (χ4n) is 11.7. The molecule has 8 nitrogen and oxygen atoms in total. The molecule has 8 aromatic carbocycles. The summed E-state index contributed by atoms with van der Waals surface area (Å²) < 4.78 is 29.2. The average molecular weight is 1260 g/mol. The minimum Gasteiger partial charge on any atom is -0.454 e. The number of aromatic nitrogens is 4. The number of nitrogens with zero attached hydrogens (tertiary/aromatic N) is 4. The first kappa shape index (κ1) is 60.4. The summed E-state index contributed by atoms with van der Waals surface area (Å²) in [6.07, 6.45) is 3.41. The van der Waals surface area contributed by atoms with E-state index in [0.29, 0.717) is 5.92 Å². The van der Waals surface area contributed by atoms with Gasteiger partial charge in [-0.2, -0.15) is 0 Å². The van der Waals surface area contributed by atoms with Crippen molar-refractivity contribution in [3.8, 4) is 43.1 Å². The Morgan fingerprint density at radius 3 is 1.14 bits per heavy atom.